The molecule has 0 aliphatic heterocycles. The van der Waals surface area contributed by atoms with Gasteiger partial charge in [0.15, 0.2) is 0 Å². The Kier molecular flexibility index (Phi) is 5.52. The van der Waals surface area contributed by atoms with Crippen LogP contribution in [0.5, 0.6) is 0 Å². The highest BCUT2D eigenvalue weighted by Crippen LogP contribution is 2.30. The maximum absolute atomic E-state index is 14.3. The van der Waals surface area contributed by atoms with Crippen LogP contribution in [0.3, 0.4) is 0 Å². The molecule has 1 aromatic carbocycles. The molecule has 1 unspecified atom stereocenters. The van der Waals surface area contributed by atoms with Gasteiger partial charge in [0, 0.05) is 11.8 Å². The zero-order chi connectivity index (χ0) is 14.5. The first kappa shape index (κ1) is 15.4. The van der Waals surface area contributed by atoms with E-state index in [1.54, 1.807) is 36.5 Å². The van der Waals surface area contributed by atoms with Gasteiger partial charge in [-0.2, -0.15) is 0 Å². The van der Waals surface area contributed by atoms with Gasteiger partial charge in [-0.15, -0.1) is 0 Å². The maximum atomic E-state index is 14.3. The van der Waals surface area contributed by atoms with Crippen molar-refractivity contribution in [3.8, 4) is 0 Å². The maximum Gasteiger partial charge on any atom is 0.142 e. The molecule has 0 amide bonds. The molecule has 2 nitrogen and oxygen atoms in total. The van der Waals surface area contributed by atoms with Gasteiger partial charge in [-0.1, -0.05) is 30.7 Å². The molecule has 1 heterocycles. The van der Waals surface area contributed by atoms with Gasteiger partial charge < -0.3 is 5.32 Å². The SMILES string of the molecule is CCCNC(c1cccc(Br)c1F)c1ncccc1Cl. The molecule has 2 rings (SSSR count). The zero-order valence-electron chi connectivity index (χ0n) is 11.0. The molecular weight excluding hydrogens is 343 g/mol. The minimum Gasteiger partial charge on any atom is -0.305 e. The van der Waals surface area contributed by atoms with E-state index in [2.05, 4.69) is 33.2 Å². The lowest BCUT2D eigenvalue weighted by Crippen LogP contribution is -2.25. The number of pyridine rings is 1. The summed E-state index contributed by atoms with van der Waals surface area (Å²) < 4.78 is 14.8. The highest BCUT2D eigenvalue weighted by molar-refractivity contribution is 9.10. The van der Waals surface area contributed by atoms with Crippen LogP contribution >= 0.6 is 27.5 Å². The van der Waals surface area contributed by atoms with Crippen LogP contribution in [0.2, 0.25) is 5.02 Å². The summed E-state index contributed by atoms with van der Waals surface area (Å²) in [5.74, 6) is -0.289. The van der Waals surface area contributed by atoms with Crippen molar-refractivity contribution in [1.82, 2.24) is 10.3 Å². The van der Waals surface area contributed by atoms with Gasteiger partial charge in [0.05, 0.1) is 21.2 Å². The monoisotopic (exact) mass is 356 g/mol. The molecule has 0 spiro atoms. The highest BCUT2D eigenvalue weighted by Gasteiger charge is 2.21. The second-order valence-corrected chi connectivity index (χ2v) is 5.66. The quantitative estimate of drug-likeness (QED) is 0.837. The van der Waals surface area contributed by atoms with E-state index in [1.165, 1.54) is 0 Å². The number of nitrogens with one attached hydrogen (secondary N) is 1. The molecule has 1 N–H and O–H groups in total. The van der Waals surface area contributed by atoms with Crippen LogP contribution in [-0.2, 0) is 0 Å². The lowest BCUT2D eigenvalue weighted by atomic mass is 10.0. The Bertz CT molecular complexity index is 592. The van der Waals surface area contributed by atoms with Gasteiger partial charge in [-0.05, 0) is 47.1 Å². The fraction of sp³-hybridized carbons (Fsp3) is 0.267. The van der Waals surface area contributed by atoms with E-state index in [9.17, 15) is 4.39 Å². The van der Waals surface area contributed by atoms with Crippen molar-refractivity contribution >= 4 is 27.5 Å². The molecule has 5 heteroatoms. The van der Waals surface area contributed by atoms with Crippen LogP contribution in [0, 0.1) is 5.82 Å². The molecule has 1 atom stereocenters. The van der Waals surface area contributed by atoms with Gasteiger partial charge in [0.2, 0.25) is 0 Å². The molecule has 0 saturated carbocycles. The van der Waals surface area contributed by atoms with E-state index >= 15 is 0 Å². The molecule has 0 fully saturated rings. The van der Waals surface area contributed by atoms with Crippen molar-refractivity contribution in [3.63, 3.8) is 0 Å². The lowest BCUT2D eigenvalue weighted by Gasteiger charge is -2.20. The van der Waals surface area contributed by atoms with E-state index < -0.39 is 0 Å². The minimum absolute atomic E-state index is 0.289. The average molecular weight is 358 g/mol. The number of halogens is 3. The van der Waals surface area contributed by atoms with Crippen molar-refractivity contribution in [2.24, 2.45) is 0 Å². The molecule has 2 aromatic rings. The third kappa shape index (κ3) is 3.37. The Balaban J connectivity index is 2.47. The largest absolute Gasteiger partial charge is 0.305 e. The van der Waals surface area contributed by atoms with Crippen LogP contribution in [-0.4, -0.2) is 11.5 Å². The Labute approximate surface area is 131 Å². The van der Waals surface area contributed by atoms with Crippen LogP contribution in [0.4, 0.5) is 4.39 Å². The van der Waals surface area contributed by atoms with Gasteiger partial charge >= 0.3 is 0 Å². The second kappa shape index (κ2) is 7.16. The summed E-state index contributed by atoms with van der Waals surface area (Å²) in [6.45, 7) is 2.81. The standard InChI is InChI=1S/C15H15BrClFN2/c1-2-8-19-14(15-12(17)7-4-9-20-15)10-5-3-6-11(16)13(10)18/h3-7,9,14,19H,2,8H2,1H3. The van der Waals surface area contributed by atoms with Gasteiger partial charge in [-0.25, -0.2) is 4.39 Å². The van der Waals surface area contributed by atoms with E-state index in [0.29, 0.717) is 20.8 Å². The molecule has 0 radical (unpaired) electrons. The molecule has 106 valence electrons. The fourth-order valence-corrected chi connectivity index (χ4v) is 2.61. The molecule has 1 aromatic heterocycles. The summed E-state index contributed by atoms with van der Waals surface area (Å²) in [6, 6.07) is 8.40. The summed E-state index contributed by atoms with van der Waals surface area (Å²) in [7, 11) is 0. The van der Waals surface area contributed by atoms with Crippen molar-refractivity contribution in [1.29, 1.82) is 0 Å². The number of nitrogens with zero attached hydrogens (tertiary/aromatic N) is 1. The lowest BCUT2D eigenvalue weighted by molar-refractivity contribution is 0.536. The second-order valence-electron chi connectivity index (χ2n) is 4.40. The Morgan fingerprint density at radius 2 is 2.15 bits per heavy atom. The summed E-state index contributed by atoms with van der Waals surface area (Å²) in [6.07, 6.45) is 2.61. The first-order chi connectivity index (χ1) is 9.65. The normalized spacial score (nSPS) is 12.4. The topological polar surface area (TPSA) is 24.9 Å². The molecule has 0 bridgehead atoms. The highest BCUT2D eigenvalue weighted by atomic mass is 79.9. The third-order valence-electron chi connectivity index (χ3n) is 2.95. The summed E-state index contributed by atoms with van der Waals surface area (Å²) in [5.41, 5.74) is 1.17. The van der Waals surface area contributed by atoms with Crippen molar-refractivity contribution in [2.75, 3.05) is 6.54 Å². The number of benzene rings is 1. The van der Waals surface area contributed by atoms with Gasteiger partial charge in [0.1, 0.15) is 5.82 Å². The van der Waals surface area contributed by atoms with Crippen LogP contribution in [0.15, 0.2) is 41.0 Å². The molecule has 20 heavy (non-hydrogen) atoms. The number of hydrogen-bond acceptors (Lipinski definition) is 2. The predicted octanol–water partition coefficient (Wildman–Crippen LogP) is 4.73. The summed E-state index contributed by atoms with van der Waals surface area (Å²) in [5, 5.41) is 3.83. The Morgan fingerprint density at radius 1 is 1.35 bits per heavy atom. The molecule has 0 aliphatic carbocycles. The van der Waals surface area contributed by atoms with E-state index in [4.69, 9.17) is 11.6 Å². The smallest absolute Gasteiger partial charge is 0.142 e. The first-order valence-corrected chi connectivity index (χ1v) is 7.60. The van der Waals surface area contributed by atoms with Crippen LogP contribution in [0.25, 0.3) is 0 Å². The van der Waals surface area contributed by atoms with Crippen molar-refractivity contribution < 1.29 is 4.39 Å². The van der Waals surface area contributed by atoms with Gasteiger partial charge in [0.25, 0.3) is 0 Å². The van der Waals surface area contributed by atoms with E-state index in [0.717, 1.165) is 13.0 Å². The summed E-state index contributed by atoms with van der Waals surface area (Å²) in [4.78, 5) is 4.30. The van der Waals surface area contributed by atoms with Gasteiger partial charge in [-0.3, -0.25) is 4.98 Å². The van der Waals surface area contributed by atoms with Crippen LogP contribution in [0.1, 0.15) is 30.6 Å². The van der Waals surface area contributed by atoms with Crippen molar-refractivity contribution in [2.45, 2.75) is 19.4 Å². The Hall–Kier alpha value is -0.970. The third-order valence-corrected chi connectivity index (χ3v) is 3.88. The fourth-order valence-electron chi connectivity index (χ4n) is 2.00. The number of aromatic nitrogens is 1. The Morgan fingerprint density at radius 3 is 2.85 bits per heavy atom. The van der Waals surface area contributed by atoms with Crippen molar-refractivity contribution in [3.05, 3.63) is 63.1 Å². The first-order valence-electron chi connectivity index (χ1n) is 6.42. The molecule has 0 aliphatic rings. The number of rotatable bonds is 5. The van der Waals surface area contributed by atoms with Crippen LogP contribution < -0.4 is 5.32 Å². The van der Waals surface area contributed by atoms with E-state index in [1.807, 2.05) is 0 Å². The minimum atomic E-state index is -0.360. The zero-order valence-corrected chi connectivity index (χ0v) is 13.4. The number of hydrogen-bond donors (Lipinski definition) is 1. The van der Waals surface area contributed by atoms with E-state index in [-0.39, 0.29) is 11.9 Å². The molecular formula is C15H15BrClFN2. The molecule has 0 saturated heterocycles. The predicted molar refractivity (Wildman–Crippen MR) is 83.5 cm³/mol. The summed E-state index contributed by atoms with van der Waals surface area (Å²) >= 11 is 9.42. The average Bonchev–Trinajstić information content (AvgIpc) is 2.45.